The summed E-state index contributed by atoms with van der Waals surface area (Å²) in [4.78, 5) is 12.2. The first-order valence-corrected chi connectivity index (χ1v) is 11.7. The van der Waals surface area contributed by atoms with Gasteiger partial charge in [0.15, 0.2) is 11.5 Å². The number of alkyl halides is 3. The van der Waals surface area contributed by atoms with Crippen LogP contribution in [0.2, 0.25) is 0 Å². The molecule has 0 aromatic heterocycles. The third kappa shape index (κ3) is 6.28. The van der Waals surface area contributed by atoms with Crippen molar-refractivity contribution in [3.8, 4) is 11.5 Å². The van der Waals surface area contributed by atoms with E-state index in [1.54, 1.807) is 18.2 Å². The van der Waals surface area contributed by atoms with Crippen molar-refractivity contribution in [3.05, 3.63) is 54.1 Å². The zero-order valence-corrected chi connectivity index (χ0v) is 18.1. The van der Waals surface area contributed by atoms with E-state index in [0.29, 0.717) is 11.5 Å². The lowest BCUT2D eigenvalue weighted by Gasteiger charge is -2.26. The maximum absolute atomic E-state index is 13.0. The maximum atomic E-state index is 13.0. The number of carbonyl (C=O) groups is 1. The van der Waals surface area contributed by atoms with Gasteiger partial charge in [-0.05, 0) is 36.8 Å². The van der Waals surface area contributed by atoms with Gasteiger partial charge in [-0.3, -0.25) is 9.10 Å². The predicted molar refractivity (Wildman–Crippen MR) is 112 cm³/mol. The van der Waals surface area contributed by atoms with E-state index in [-0.39, 0.29) is 50.2 Å². The van der Waals surface area contributed by atoms with Crippen molar-refractivity contribution in [1.82, 2.24) is 5.32 Å². The molecule has 3 rings (SSSR count). The van der Waals surface area contributed by atoms with Crippen LogP contribution in [0.15, 0.2) is 48.5 Å². The summed E-state index contributed by atoms with van der Waals surface area (Å²) in [6, 6.07) is 11.2. The van der Waals surface area contributed by atoms with Crippen LogP contribution in [-0.2, 0) is 21.0 Å². The monoisotopic (exact) mass is 472 g/mol. The van der Waals surface area contributed by atoms with Crippen molar-refractivity contribution in [2.24, 2.45) is 0 Å². The van der Waals surface area contributed by atoms with Gasteiger partial charge in [0.05, 0.1) is 24.1 Å². The lowest BCUT2D eigenvalue weighted by Crippen LogP contribution is -2.41. The Kier molecular flexibility index (Phi) is 7.17. The van der Waals surface area contributed by atoms with Gasteiger partial charge in [0.25, 0.3) is 0 Å². The van der Waals surface area contributed by atoms with Crippen molar-refractivity contribution >= 4 is 21.6 Å². The Morgan fingerprint density at radius 2 is 1.88 bits per heavy atom. The number of fused-ring (bicyclic) bond motifs is 1. The first kappa shape index (κ1) is 23.7. The lowest BCUT2D eigenvalue weighted by molar-refractivity contribution is -0.137. The number of sulfonamides is 1. The SMILES string of the molecule is CS(=O)(=O)N(CCCC(=O)NC[C@H]1COc2ccccc2O1)c1cccc(C(F)(F)F)c1. The van der Waals surface area contributed by atoms with Gasteiger partial charge in [-0.2, -0.15) is 13.2 Å². The average molecular weight is 472 g/mol. The van der Waals surface area contributed by atoms with Gasteiger partial charge < -0.3 is 14.8 Å². The fourth-order valence-electron chi connectivity index (χ4n) is 3.19. The summed E-state index contributed by atoms with van der Waals surface area (Å²) in [6.07, 6.45) is -3.93. The molecule has 11 heteroatoms. The van der Waals surface area contributed by atoms with Crippen LogP contribution in [0.5, 0.6) is 11.5 Å². The Hall–Kier alpha value is -2.95. The first-order valence-electron chi connectivity index (χ1n) is 9.84. The topological polar surface area (TPSA) is 84.9 Å². The molecule has 0 unspecified atom stereocenters. The number of para-hydroxylation sites is 2. The molecule has 2 aromatic rings. The Balaban J connectivity index is 1.52. The molecule has 174 valence electrons. The van der Waals surface area contributed by atoms with Crippen molar-refractivity contribution < 1.29 is 35.9 Å². The normalized spacial score (nSPS) is 15.8. The summed E-state index contributed by atoms with van der Waals surface area (Å²) in [5, 5.41) is 2.70. The van der Waals surface area contributed by atoms with E-state index in [4.69, 9.17) is 9.47 Å². The molecule has 0 bridgehead atoms. The van der Waals surface area contributed by atoms with E-state index in [0.717, 1.165) is 28.8 Å². The standard InChI is InChI=1S/C21H23F3N2O5S/c1-32(28,29)26(16-7-4-6-15(12-16)21(22,23)24)11-5-10-20(27)25-13-17-14-30-18-8-2-3-9-19(18)31-17/h2-4,6-9,12,17H,5,10-11,13-14H2,1H3,(H,25,27)/t17-/m0/s1. The maximum Gasteiger partial charge on any atom is 0.416 e. The van der Waals surface area contributed by atoms with Crippen LogP contribution in [-0.4, -0.2) is 46.4 Å². The molecule has 1 heterocycles. The van der Waals surface area contributed by atoms with Crippen LogP contribution < -0.4 is 19.1 Å². The zero-order valence-electron chi connectivity index (χ0n) is 17.3. The molecule has 1 amide bonds. The number of carbonyl (C=O) groups excluding carboxylic acids is 1. The van der Waals surface area contributed by atoms with Crippen molar-refractivity contribution in [2.45, 2.75) is 25.1 Å². The third-order valence-corrected chi connectivity index (χ3v) is 5.92. The van der Waals surface area contributed by atoms with E-state index >= 15 is 0 Å². The summed E-state index contributed by atoms with van der Waals surface area (Å²) in [5.41, 5.74) is -1.05. The van der Waals surface area contributed by atoms with Gasteiger partial charge in [0.2, 0.25) is 15.9 Å². The van der Waals surface area contributed by atoms with Crippen molar-refractivity contribution in [1.29, 1.82) is 0 Å². The van der Waals surface area contributed by atoms with E-state index in [9.17, 15) is 26.4 Å². The third-order valence-electron chi connectivity index (χ3n) is 4.72. The van der Waals surface area contributed by atoms with Crippen molar-refractivity contribution in [2.75, 3.05) is 30.3 Å². The molecule has 1 aliphatic rings. The van der Waals surface area contributed by atoms with E-state index in [1.165, 1.54) is 6.07 Å². The second kappa shape index (κ2) is 9.68. The van der Waals surface area contributed by atoms with Gasteiger partial charge in [0, 0.05) is 13.0 Å². The Morgan fingerprint density at radius 3 is 2.56 bits per heavy atom. The highest BCUT2D eigenvalue weighted by Gasteiger charge is 2.31. The molecular formula is C21H23F3N2O5S. The van der Waals surface area contributed by atoms with Crippen LogP contribution in [0.4, 0.5) is 18.9 Å². The summed E-state index contributed by atoms with van der Waals surface area (Å²) >= 11 is 0. The molecule has 0 spiro atoms. The van der Waals surface area contributed by atoms with Crippen LogP contribution in [0.3, 0.4) is 0 Å². The molecular weight excluding hydrogens is 449 g/mol. The Labute approximate surface area is 184 Å². The summed E-state index contributed by atoms with van der Waals surface area (Å²) < 4.78 is 75.3. The lowest BCUT2D eigenvalue weighted by atomic mass is 10.2. The largest absolute Gasteiger partial charge is 0.486 e. The number of hydrogen-bond acceptors (Lipinski definition) is 5. The van der Waals surface area contributed by atoms with Gasteiger partial charge in [-0.25, -0.2) is 8.42 Å². The average Bonchev–Trinajstić information content (AvgIpc) is 2.73. The number of ether oxygens (including phenoxy) is 2. The number of amides is 1. The molecule has 0 saturated heterocycles. The molecule has 0 fully saturated rings. The molecule has 1 N–H and O–H groups in total. The molecule has 0 aliphatic carbocycles. The van der Waals surface area contributed by atoms with Crippen LogP contribution in [0.25, 0.3) is 0 Å². The van der Waals surface area contributed by atoms with Crippen LogP contribution >= 0.6 is 0 Å². The van der Waals surface area contributed by atoms with E-state index in [2.05, 4.69) is 5.32 Å². The zero-order chi connectivity index (χ0) is 23.4. The number of nitrogens with zero attached hydrogens (tertiary/aromatic N) is 1. The van der Waals surface area contributed by atoms with Crippen molar-refractivity contribution in [3.63, 3.8) is 0 Å². The van der Waals surface area contributed by atoms with Crippen LogP contribution in [0, 0.1) is 0 Å². The number of hydrogen-bond donors (Lipinski definition) is 1. The van der Waals surface area contributed by atoms with E-state index < -0.39 is 21.8 Å². The molecule has 2 aromatic carbocycles. The molecule has 7 nitrogen and oxygen atoms in total. The number of halogens is 3. The Bertz CT molecular complexity index is 1060. The van der Waals surface area contributed by atoms with E-state index in [1.807, 2.05) is 6.07 Å². The number of rotatable bonds is 8. The molecule has 1 aliphatic heterocycles. The van der Waals surface area contributed by atoms with Gasteiger partial charge in [0.1, 0.15) is 12.7 Å². The number of nitrogens with one attached hydrogen (secondary N) is 1. The fourth-order valence-corrected chi connectivity index (χ4v) is 4.14. The molecule has 1 atom stereocenters. The minimum atomic E-state index is -4.59. The quantitative estimate of drug-likeness (QED) is 0.638. The molecule has 0 radical (unpaired) electrons. The fraction of sp³-hybridized carbons (Fsp3) is 0.381. The van der Waals surface area contributed by atoms with Crippen LogP contribution in [0.1, 0.15) is 18.4 Å². The second-order valence-corrected chi connectivity index (χ2v) is 9.20. The molecule has 32 heavy (non-hydrogen) atoms. The van der Waals surface area contributed by atoms with Gasteiger partial charge >= 0.3 is 6.18 Å². The second-order valence-electron chi connectivity index (χ2n) is 7.29. The predicted octanol–water partition coefficient (Wildman–Crippen LogP) is 3.21. The Morgan fingerprint density at radius 1 is 1.16 bits per heavy atom. The highest BCUT2D eigenvalue weighted by molar-refractivity contribution is 7.92. The highest BCUT2D eigenvalue weighted by atomic mass is 32.2. The smallest absolute Gasteiger partial charge is 0.416 e. The highest BCUT2D eigenvalue weighted by Crippen LogP contribution is 2.32. The summed E-state index contributed by atoms with van der Waals surface area (Å²) in [7, 11) is -3.84. The first-order chi connectivity index (χ1) is 15.0. The number of benzene rings is 2. The minimum absolute atomic E-state index is 0.00482. The molecule has 0 saturated carbocycles. The summed E-state index contributed by atoms with van der Waals surface area (Å²) in [5.74, 6) is 0.887. The minimum Gasteiger partial charge on any atom is -0.486 e. The summed E-state index contributed by atoms with van der Waals surface area (Å²) in [6.45, 7) is 0.343. The van der Waals surface area contributed by atoms with Gasteiger partial charge in [-0.15, -0.1) is 0 Å². The van der Waals surface area contributed by atoms with Gasteiger partial charge in [-0.1, -0.05) is 18.2 Å². The number of anilines is 1.